The number of hydrogen-bond acceptors (Lipinski definition) is 6. The highest BCUT2D eigenvalue weighted by Crippen LogP contribution is 2.22. The number of hydrazine groups is 1. The molecule has 0 unspecified atom stereocenters. The van der Waals surface area contributed by atoms with Crippen LogP contribution in [-0.4, -0.2) is 51.3 Å². The van der Waals surface area contributed by atoms with E-state index in [0.29, 0.717) is 32.1 Å². The first kappa shape index (κ1) is 16.4. The quantitative estimate of drug-likeness (QED) is 0.810. The van der Waals surface area contributed by atoms with Gasteiger partial charge in [0, 0.05) is 25.8 Å². The summed E-state index contributed by atoms with van der Waals surface area (Å²) in [6.07, 6.45) is 2.23. The monoisotopic (exact) mass is 334 g/mol. The zero-order chi connectivity index (χ0) is 15.3. The molecule has 2 rings (SSSR count). The summed E-state index contributed by atoms with van der Waals surface area (Å²) in [6, 6.07) is 1.40. The minimum atomic E-state index is -3.67. The molecule has 0 spiro atoms. The van der Waals surface area contributed by atoms with Crippen LogP contribution in [0.5, 0.6) is 0 Å². The third-order valence-electron chi connectivity index (χ3n) is 2.93. The van der Waals surface area contributed by atoms with E-state index < -0.39 is 10.0 Å². The zero-order valence-electron chi connectivity index (χ0n) is 11.8. The summed E-state index contributed by atoms with van der Waals surface area (Å²) >= 11 is 6.06. The van der Waals surface area contributed by atoms with Crippen molar-refractivity contribution in [3.63, 3.8) is 0 Å². The van der Waals surface area contributed by atoms with Gasteiger partial charge in [0.2, 0.25) is 0 Å². The average Bonchev–Trinajstić information content (AvgIpc) is 2.46. The maximum absolute atomic E-state index is 12.3. The third-order valence-corrected chi connectivity index (χ3v) is 4.56. The Morgan fingerprint density at radius 1 is 1.43 bits per heavy atom. The van der Waals surface area contributed by atoms with E-state index >= 15 is 0 Å². The van der Waals surface area contributed by atoms with Crippen LogP contribution in [-0.2, 0) is 14.8 Å². The number of aromatic nitrogens is 1. The first-order chi connectivity index (χ1) is 10.0. The van der Waals surface area contributed by atoms with E-state index in [4.69, 9.17) is 16.3 Å². The second-order valence-electron chi connectivity index (χ2n) is 4.62. The Labute approximate surface area is 129 Å². The largest absolute Gasteiger partial charge is 0.379 e. The number of morpholine rings is 1. The molecule has 7 nitrogen and oxygen atoms in total. The summed E-state index contributed by atoms with van der Waals surface area (Å²) in [6.45, 7) is 4.77. The average molecular weight is 335 g/mol. The fraction of sp³-hybridized carbons (Fsp3) is 0.583. The zero-order valence-corrected chi connectivity index (χ0v) is 13.4. The van der Waals surface area contributed by atoms with Crippen molar-refractivity contribution in [3.8, 4) is 0 Å². The van der Waals surface area contributed by atoms with E-state index in [1.165, 1.54) is 12.3 Å². The first-order valence-corrected chi connectivity index (χ1v) is 8.63. The summed E-state index contributed by atoms with van der Waals surface area (Å²) in [4.78, 5) is 6.62. The minimum Gasteiger partial charge on any atom is -0.379 e. The van der Waals surface area contributed by atoms with Crippen LogP contribution in [0.15, 0.2) is 17.2 Å². The van der Waals surface area contributed by atoms with Gasteiger partial charge in [-0.05, 0) is 12.5 Å². The third kappa shape index (κ3) is 4.52. The summed E-state index contributed by atoms with van der Waals surface area (Å²) in [5, 5.41) is 4.93. The molecule has 1 aliphatic rings. The second-order valence-corrected chi connectivity index (χ2v) is 6.69. The Hall–Kier alpha value is -0.930. The molecule has 2 heterocycles. The highest BCUT2D eigenvalue weighted by molar-refractivity contribution is 7.89. The van der Waals surface area contributed by atoms with Crippen LogP contribution in [0, 0.1) is 0 Å². The molecule has 1 aromatic rings. The van der Waals surface area contributed by atoms with Crippen molar-refractivity contribution < 1.29 is 13.2 Å². The van der Waals surface area contributed by atoms with Crippen molar-refractivity contribution in [3.05, 3.63) is 17.3 Å². The number of nitrogens with zero attached hydrogens (tertiary/aromatic N) is 2. The van der Waals surface area contributed by atoms with Crippen LogP contribution in [0.1, 0.15) is 13.3 Å². The van der Waals surface area contributed by atoms with E-state index in [1.54, 1.807) is 5.01 Å². The molecular weight excluding hydrogens is 316 g/mol. The van der Waals surface area contributed by atoms with Gasteiger partial charge in [0.1, 0.15) is 10.7 Å². The smallest absolute Gasteiger partial charge is 0.255 e. The Morgan fingerprint density at radius 2 is 2.14 bits per heavy atom. The van der Waals surface area contributed by atoms with E-state index in [0.717, 1.165) is 13.0 Å². The minimum absolute atomic E-state index is 0.0426. The molecule has 0 saturated carbocycles. The number of sulfonamides is 1. The van der Waals surface area contributed by atoms with Crippen LogP contribution in [0.4, 0.5) is 5.82 Å². The van der Waals surface area contributed by atoms with Crippen LogP contribution in [0.3, 0.4) is 0 Å². The van der Waals surface area contributed by atoms with Crippen LogP contribution in [0.25, 0.3) is 0 Å². The number of rotatable bonds is 6. The van der Waals surface area contributed by atoms with Gasteiger partial charge < -0.3 is 10.1 Å². The molecule has 0 radical (unpaired) electrons. The van der Waals surface area contributed by atoms with Crippen LogP contribution >= 0.6 is 11.6 Å². The van der Waals surface area contributed by atoms with Crippen LogP contribution < -0.4 is 10.1 Å². The molecule has 1 fully saturated rings. The van der Waals surface area contributed by atoms with Crippen molar-refractivity contribution in [1.29, 1.82) is 0 Å². The van der Waals surface area contributed by atoms with E-state index in [2.05, 4.69) is 15.1 Å². The molecule has 2 N–H and O–H groups in total. The molecule has 21 heavy (non-hydrogen) atoms. The topological polar surface area (TPSA) is 83.6 Å². The van der Waals surface area contributed by atoms with Gasteiger partial charge in [-0.25, -0.2) is 18.4 Å². The Bertz CT molecular complexity index is 576. The summed E-state index contributed by atoms with van der Waals surface area (Å²) < 4.78 is 29.7. The number of ether oxygens (including phenoxy) is 1. The van der Waals surface area contributed by atoms with E-state index in [1.807, 2.05) is 6.92 Å². The predicted octanol–water partition coefficient (Wildman–Crippen LogP) is 1.08. The number of halogens is 1. The molecule has 0 bridgehead atoms. The van der Waals surface area contributed by atoms with Gasteiger partial charge in [0.05, 0.1) is 18.2 Å². The molecule has 0 aliphatic carbocycles. The molecule has 0 amide bonds. The Morgan fingerprint density at radius 3 is 2.76 bits per heavy atom. The Kier molecular flexibility index (Phi) is 5.77. The van der Waals surface area contributed by atoms with Gasteiger partial charge in [-0.2, -0.15) is 0 Å². The lowest BCUT2D eigenvalue weighted by Gasteiger charge is -2.26. The fourth-order valence-electron chi connectivity index (χ4n) is 1.82. The van der Waals surface area contributed by atoms with Crippen molar-refractivity contribution in [2.24, 2.45) is 0 Å². The molecule has 1 aromatic heterocycles. The van der Waals surface area contributed by atoms with Gasteiger partial charge in [-0.15, -0.1) is 4.83 Å². The standard InChI is InChI=1S/C12H19ClN4O3S/c1-2-3-14-12-11(13)8-10(9-15-12)21(18,19)16-17-4-6-20-7-5-17/h8-9,16H,2-7H2,1H3,(H,14,15). The normalized spacial score (nSPS) is 16.9. The van der Waals surface area contributed by atoms with Crippen molar-refractivity contribution >= 4 is 27.4 Å². The lowest BCUT2D eigenvalue weighted by atomic mass is 10.4. The maximum Gasteiger partial charge on any atom is 0.255 e. The van der Waals surface area contributed by atoms with Crippen molar-refractivity contribution in [2.75, 3.05) is 38.2 Å². The summed E-state index contributed by atoms with van der Waals surface area (Å²) in [5.74, 6) is 0.490. The van der Waals surface area contributed by atoms with Crippen molar-refractivity contribution in [2.45, 2.75) is 18.2 Å². The Balaban J connectivity index is 2.10. The lowest BCUT2D eigenvalue weighted by molar-refractivity contribution is 0.0272. The fourth-order valence-corrected chi connectivity index (χ4v) is 3.21. The highest BCUT2D eigenvalue weighted by atomic mass is 35.5. The predicted molar refractivity (Wildman–Crippen MR) is 80.7 cm³/mol. The number of hydrogen-bond donors (Lipinski definition) is 2. The molecule has 1 aliphatic heterocycles. The second kappa shape index (κ2) is 7.37. The summed E-state index contributed by atoms with van der Waals surface area (Å²) in [5.41, 5.74) is 0. The summed E-state index contributed by atoms with van der Waals surface area (Å²) in [7, 11) is -3.67. The first-order valence-electron chi connectivity index (χ1n) is 6.77. The van der Waals surface area contributed by atoms with Gasteiger partial charge in [0.25, 0.3) is 10.0 Å². The molecule has 1 saturated heterocycles. The molecule has 118 valence electrons. The maximum atomic E-state index is 12.3. The lowest BCUT2D eigenvalue weighted by Crippen LogP contribution is -2.48. The van der Waals surface area contributed by atoms with E-state index in [9.17, 15) is 8.42 Å². The molecular formula is C12H19ClN4O3S. The van der Waals surface area contributed by atoms with Crippen molar-refractivity contribution in [1.82, 2.24) is 14.8 Å². The van der Waals surface area contributed by atoms with Gasteiger partial charge in [0.15, 0.2) is 0 Å². The van der Waals surface area contributed by atoms with Crippen LogP contribution in [0.2, 0.25) is 5.02 Å². The number of anilines is 1. The van der Waals surface area contributed by atoms with Gasteiger partial charge >= 0.3 is 0 Å². The SMILES string of the molecule is CCCNc1ncc(S(=O)(=O)NN2CCOCC2)cc1Cl. The number of nitrogens with one attached hydrogen (secondary N) is 2. The molecule has 0 atom stereocenters. The highest BCUT2D eigenvalue weighted by Gasteiger charge is 2.21. The van der Waals surface area contributed by atoms with Gasteiger partial charge in [-0.1, -0.05) is 18.5 Å². The number of pyridine rings is 1. The molecule has 9 heteroatoms. The van der Waals surface area contributed by atoms with E-state index in [-0.39, 0.29) is 9.92 Å². The van der Waals surface area contributed by atoms with Gasteiger partial charge in [-0.3, -0.25) is 0 Å². The molecule has 0 aromatic carbocycles.